The maximum absolute atomic E-state index is 12.5. The predicted octanol–water partition coefficient (Wildman–Crippen LogP) is 3.29. The lowest BCUT2D eigenvalue weighted by Gasteiger charge is -2.09. The molecule has 1 aromatic carbocycles. The van der Waals surface area contributed by atoms with E-state index in [9.17, 15) is 18.0 Å². The first-order chi connectivity index (χ1) is 8.84. The Morgan fingerprint density at radius 3 is 2.42 bits per heavy atom. The van der Waals surface area contributed by atoms with E-state index in [0.29, 0.717) is 11.8 Å². The van der Waals surface area contributed by atoms with E-state index in [4.69, 9.17) is 0 Å². The second-order valence-corrected chi connectivity index (χ2v) is 4.52. The first kappa shape index (κ1) is 13.6. The van der Waals surface area contributed by atoms with Gasteiger partial charge >= 0.3 is 6.18 Å². The van der Waals surface area contributed by atoms with Crippen LogP contribution in [-0.2, 0) is 6.18 Å². The van der Waals surface area contributed by atoms with Crippen LogP contribution in [0.2, 0.25) is 0 Å². The van der Waals surface area contributed by atoms with Gasteiger partial charge in [0, 0.05) is 16.2 Å². The third-order valence-electron chi connectivity index (χ3n) is 2.14. The first-order valence-corrected chi connectivity index (χ1v) is 5.85. The van der Waals surface area contributed by atoms with Crippen molar-refractivity contribution in [2.45, 2.75) is 6.18 Å². The van der Waals surface area contributed by atoms with Crippen LogP contribution in [0.15, 0.2) is 39.6 Å². The summed E-state index contributed by atoms with van der Waals surface area (Å²) in [5, 5.41) is 2.60. The number of hydrogen-bond acceptors (Lipinski definition) is 3. The molecule has 0 spiro atoms. The zero-order valence-corrected chi connectivity index (χ0v) is 10.8. The number of nitrogens with one attached hydrogen (secondary N) is 2. The number of hydrogen-bond donors (Lipinski definition) is 2. The highest BCUT2D eigenvalue weighted by molar-refractivity contribution is 9.10. The predicted molar refractivity (Wildman–Crippen MR) is 67.3 cm³/mol. The van der Waals surface area contributed by atoms with Crippen LogP contribution in [0, 0.1) is 0 Å². The number of nitrogens with zero attached hydrogens (tertiary/aromatic N) is 1. The molecule has 2 N–H and O–H groups in total. The van der Waals surface area contributed by atoms with Gasteiger partial charge in [0.2, 0.25) is 5.95 Å². The van der Waals surface area contributed by atoms with E-state index in [0.717, 1.165) is 4.47 Å². The van der Waals surface area contributed by atoms with Crippen molar-refractivity contribution < 1.29 is 13.2 Å². The molecule has 8 heteroatoms. The molecule has 0 fully saturated rings. The van der Waals surface area contributed by atoms with Gasteiger partial charge in [0.05, 0.1) is 0 Å². The number of aromatic amines is 1. The van der Waals surface area contributed by atoms with Gasteiger partial charge in [0.1, 0.15) is 0 Å². The fourth-order valence-electron chi connectivity index (χ4n) is 1.33. The van der Waals surface area contributed by atoms with Gasteiger partial charge < -0.3 is 5.32 Å². The van der Waals surface area contributed by atoms with Crippen molar-refractivity contribution in [2.75, 3.05) is 5.32 Å². The Bertz CT molecular complexity index is 637. The minimum absolute atomic E-state index is 0.262. The standard InChI is InChI=1S/C11H7BrF3N3O/c12-6-1-3-7(4-2-6)16-10-17-8(11(13,14)15)5-9(19)18-10/h1-5H,(H2,16,17,18,19). The van der Waals surface area contributed by atoms with Gasteiger partial charge in [-0.15, -0.1) is 0 Å². The van der Waals surface area contributed by atoms with Crippen molar-refractivity contribution in [3.63, 3.8) is 0 Å². The molecule has 0 atom stereocenters. The molecular formula is C11H7BrF3N3O. The molecule has 2 rings (SSSR count). The Labute approximate surface area is 113 Å². The lowest BCUT2D eigenvalue weighted by atomic mass is 10.3. The largest absolute Gasteiger partial charge is 0.433 e. The van der Waals surface area contributed by atoms with Crippen molar-refractivity contribution >= 4 is 27.6 Å². The van der Waals surface area contributed by atoms with Crippen molar-refractivity contribution in [2.24, 2.45) is 0 Å². The van der Waals surface area contributed by atoms with E-state index in [1.807, 2.05) is 0 Å². The van der Waals surface area contributed by atoms with E-state index in [1.165, 1.54) is 0 Å². The number of alkyl halides is 3. The lowest BCUT2D eigenvalue weighted by Crippen LogP contribution is -2.17. The molecule has 19 heavy (non-hydrogen) atoms. The summed E-state index contributed by atoms with van der Waals surface area (Å²) in [6.07, 6.45) is -4.66. The van der Waals surface area contributed by atoms with Gasteiger partial charge in [-0.1, -0.05) is 15.9 Å². The van der Waals surface area contributed by atoms with Crippen LogP contribution in [-0.4, -0.2) is 9.97 Å². The summed E-state index contributed by atoms with van der Waals surface area (Å²) in [5.41, 5.74) is -1.61. The van der Waals surface area contributed by atoms with Gasteiger partial charge in [-0.05, 0) is 24.3 Å². The second kappa shape index (κ2) is 5.04. The molecule has 100 valence electrons. The zero-order chi connectivity index (χ0) is 14.0. The summed E-state index contributed by atoms with van der Waals surface area (Å²) < 4.78 is 38.3. The first-order valence-electron chi connectivity index (χ1n) is 5.06. The Kier molecular flexibility index (Phi) is 3.61. The van der Waals surface area contributed by atoms with E-state index in [1.54, 1.807) is 24.3 Å². The number of benzene rings is 1. The Hall–Kier alpha value is -1.83. The van der Waals surface area contributed by atoms with Gasteiger partial charge in [0.15, 0.2) is 5.69 Å². The second-order valence-electron chi connectivity index (χ2n) is 3.61. The summed E-state index contributed by atoms with van der Waals surface area (Å²) in [5.74, 6) is -0.262. The number of H-pyrrole nitrogens is 1. The molecule has 0 amide bonds. The van der Waals surface area contributed by atoms with Crippen molar-refractivity contribution in [1.29, 1.82) is 0 Å². The normalized spacial score (nSPS) is 11.4. The van der Waals surface area contributed by atoms with Gasteiger partial charge in [-0.2, -0.15) is 13.2 Å². The highest BCUT2D eigenvalue weighted by Gasteiger charge is 2.33. The summed E-state index contributed by atoms with van der Waals surface area (Å²) in [4.78, 5) is 16.7. The molecule has 0 saturated carbocycles. The average Bonchev–Trinajstić information content (AvgIpc) is 2.30. The van der Waals surface area contributed by atoms with Gasteiger partial charge in [-0.3, -0.25) is 9.78 Å². The van der Waals surface area contributed by atoms with E-state index >= 15 is 0 Å². The number of anilines is 2. The smallest absolute Gasteiger partial charge is 0.326 e. The van der Waals surface area contributed by atoms with Gasteiger partial charge in [0.25, 0.3) is 5.56 Å². The van der Waals surface area contributed by atoms with Crippen molar-refractivity contribution in [3.05, 3.63) is 50.9 Å². The van der Waals surface area contributed by atoms with Crippen LogP contribution in [0.4, 0.5) is 24.8 Å². The molecule has 4 nitrogen and oxygen atoms in total. The minimum atomic E-state index is -4.66. The van der Waals surface area contributed by atoms with Crippen LogP contribution in [0.25, 0.3) is 0 Å². The highest BCUT2D eigenvalue weighted by Crippen LogP contribution is 2.27. The molecule has 0 radical (unpaired) electrons. The highest BCUT2D eigenvalue weighted by atomic mass is 79.9. The molecule has 0 aliphatic carbocycles. The number of halogens is 4. The topological polar surface area (TPSA) is 57.8 Å². The third-order valence-corrected chi connectivity index (χ3v) is 2.67. The Morgan fingerprint density at radius 1 is 1.21 bits per heavy atom. The third kappa shape index (κ3) is 3.57. The molecular weight excluding hydrogens is 327 g/mol. The lowest BCUT2D eigenvalue weighted by molar-refractivity contribution is -0.141. The fraction of sp³-hybridized carbons (Fsp3) is 0.0909. The Morgan fingerprint density at radius 2 is 1.84 bits per heavy atom. The summed E-state index contributed by atoms with van der Waals surface area (Å²) >= 11 is 3.23. The average molecular weight is 334 g/mol. The van der Waals surface area contributed by atoms with Crippen molar-refractivity contribution in [3.8, 4) is 0 Å². The zero-order valence-electron chi connectivity index (χ0n) is 9.25. The van der Waals surface area contributed by atoms with Crippen LogP contribution in [0.5, 0.6) is 0 Å². The van der Waals surface area contributed by atoms with E-state index in [2.05, 4.69) is 31.2 Å². The monoisotopic (exact) mass is 333 g/mol. The van der Waals surface area contributed by atoms with E-state index in [-0.39, 0.29) is 5.95 Å². The molecule has 0 aliphatic rings. The molecule has 0 bridgehead atoms. The SMILES string of the molecule is O=c1cc(C(F)(F)F)nc(Nc2ccc(Br)cc2)[nH]1. The maximum Gasteiger partial charge on any atom is 0.433 e. The number of aromatic nitrogens is 2. The summed E-state index contributed by atoms with van der Waals surface area (Å²) in [7, 11) is 0. The van der Waals surface area contributed by atoms with Gasteiger partial charge in [-0.25, -0.2) is 4.98 Å². The molecule has 1 heterocycles. The van der Waals surface area contributed by atoms with Crippen LogP contribution in [0.1, 0.15) is 5.69 Å². The minimum Gasteiger partial charge on any atom is -0.326 e. The molecule has 0 saturated heterocycles. The quantitative estimate of drug-likeness (QED) is 0.886. The Balaban J connectivity index is 2.33. The maximum atomic E-state index is 12.5. The molecule has 2 aromatic rings. The van der Waals surface area contributed by atoms with Crippen LogP contribution >= 0.6 is 15.9 Å². The van der Waals surface area contributed by atoms with Crippen molar-refractivity contribution in [1.82, 2.24) is 9.97 Å². The molecule has 0 unspecified atom stereocenters. The molecule has 0 aliphatic heterocycles. The summed E-state index contributed by atoms with van der Waals surface area (Å²) in [6.45, 7) is 0. The van der Waals surface area contributed by atoms with E-state index < -0.39 is 17.4 Å². The van der Waals surface area contributed by atoms with Crippen LogP contribution in [0.3, 0.4) is 0 Å². The van der Waals surface area contributed by atoms with Crippen LogP contribution < -0.4 is 10.9 Å². The number of rotatable bonds is 2. The summed E-state index contributed by atoms with van der Waals surface area (Å²) in [6, 6.07) is 7.07. The fourth-order valence-corrected chi connectivity index (χ4v) is 1.60. The molecule has 1 aromatic heterocycles.